The van der Waals surface area contributed by atoms with Gasteiger partial charge in [-0.2, -0.15) is 0 Å². The first-order valence-corrected chi connectivity index (χ1v) is 13.4. The molecule has 0 amide bonds. The summed E-state index contributed by atoms with van der Waals surface area (Å²) in [6.07, 6.45) is 0.212. The quantitative estimate of drug-likeness (QED) is 0.275. The van der Waals surface area contributed by atoms with Gasteiger partial charge in [-0.1, -0.05) is 54.6 Å². The number of carbonyl (C=O) groups excluding carboxylic acids is 1. The molecule has 0 heterocycles. The largest absolute Gasteiger partial charge is 0.497 e. The second-order valence-electron chi connectivity index (χ2n) is 8.70. The average molecular weight is 519 g/mol. The summed E-state index contributed by atoms with van der Waals surface area (Å²) in [6.45, 7) is 2.55. The lowest BCUT2D eigenvalue weighted by Crippen LogP contribution is -2.34. The normalized spacial score (nSPS) is 12.1. The van der Waals surface area contributed by atoms with Gasteiger partial charge in [-0.15, -0.1) is 0 Å². The van der Waals surface area contributed by atoms with Gasteiger partial charge in [0.15, 0.2) is 0 Å². The van der Waals surface area contributed by atoms with Crippen LogP contribution in [0.1, 0.15) is 18.9 Å². The molecule has 0 saturated carbocycles. The smallest absolute Gasteiger partial charge is 0.307 e. The summed E-state index contributed by atoms with van der Waals surface area (Å²) < 4.78 is 39.1. The summed E-state index contributed by atoms with van der Waals surface area (Å²) in [5.74, 6) is 0.284. The number of anilines is 2. The van der Waals surface area contributed by atoms with Crippen LogP contribution in [0.4, 0.5) is 11.4 Å². The Kier molecular flexibility index (Phi) is 7.98. The molecular formula is C29H30N2O5S. The number of rotatable bonds is 10. The lowest BCUT2D eigenvalue weighted by Gasteiger charge is -2.32. The maximum absolute atomic E-state index is 13.2. The van der Waals surface area contributed by atoms with Crippen LogP contribution < -0.4 is 14.4 Å². The number of carbonyl (C=O) groups is 1. The molecule has 4 aromatic rings. The molecule has 0 saturated heterocycles. The molecule has 0 spiro atoms. The van der Waals surface area contributed by atoms with Crippen molar-refractivity contribution >= 4 is 38.1 Å². The summed E-state index contributed by atoms with van der Waals surface area (Å²) in [5.41, 5.74) is 2.45. The molecule has 0 aliphatic carbocycles. The molecule has 192 valence electrons. The van der Waals surface area contributed by atoms with Crippen molar-refractivity contribution in [3.05, 3.63) is 96.6 Å². The van der Waals surface area contributed by atoms with E-state index in [1.54, 1.807) is 18.2 Å². The minimum atomic E-state index is -3.83. The highest BCUT2D eigenvalue weighted by Crippen LogP contribution is 2.35. The lowest BCUT2D eigenvalue weighted by molar-refractivity contribution is -0.140. The number of ether oxygens (including phenoxy) is 2. The highest BCUT2D eigenvalue weighted by atomic mass is 32.2. The topological polar surface area (TPSA) is 84.9 Å². The maximum atomic E-state index is 13.2. The number of sulfonamides is 1. The molecule has 0 radical (unpaired) electrons. The zero-order valence-electron chi connectivity index (χ0n) is 21.0. The third kappa shape index (κ3) is 6.03. The van der Waals surface area contributed by atoms with Crippen LogP contribution >= 0.6 is 0 Å². The number of nitrogens with one attached hydrogen (secondary N) is 1. The van der Waals surface area contributed by atoms with Crippen LogP contribution in [0.2, 0.25) is 0 Å². The van der Waals surface area contributed by atoms with E-state index in [2.05, 4.69) is 9.62 Å². The van der Waals surface area contributed by atoms with Gasteiger partial charge in [0, 0.05) is 29.0 Å². The third-order valence-electron chi connectivity index (χ3n) is 6.24. The number of nitrogens with zero attached hydrogens (tertiary/aromatic N) is 1. The van der Waals surface area contributed by atoms with Crippen molar-refractivity contribution in [2.24, 2.45) is 0 Å². The van der Waals surface area contributed by atoms with Gasteiger partial charge in [-0.05, 0) is 48.9 Å². The summed E-state index contributed by atoms with van der Waals surface area (Å²) in [6, 6.07) is 27.4. The molecule has 1 N–H and O–H groups in total. The van der Waals surface area contributed by atoms with E-state index < -0.39 is 10.0 Å². The predicted octanol–water partition coefficient (Wildman–Crippen LogP) is 5.61. The SMILES string of the molecule is COC(=O)C[C@H](C)N(Cc1ccccc1)c1ccc(NS(=O)(=O)c2ccc(OC)cc2)c2ccccc12. The fourth-order valence-corrected chi connectivity index (χ4v) is 5.35. The van der Waals surface area contributed by atoms with Gasteiger partial charge in [-0.25, -0.2) is 8.42 Å². The van der Waals surface area contributed by atoms with Crippen molar-refractivity contribution < 1.29 is 22.7 Å². The molecule has 8 heteroatoms. The van der Waals surface area contributed by atoms with Gasteiger partial charge in [0.1, 0.15) is 5.75 Å². The van der Waals surface area contributed by atoms with Crippen molar-refractivity contribution in [3.63, 3.8) is 0 Å². The Balaban J connectivity index is 1.75. The molecule has 0 fully saturated rings. The molecule has 37 heavy (non-hydrogen) atoms. The average Bonchev–Trinajstić information content (AvgIpc) is 2.92. The maximum Gasteiger partial charge on any atom is 0.307 e. The van der Waals surface area contributed by atoms with Crippen LogP contribution in [-0.4, -0.2) is 34.6 Å². The Morgan fingerprint density at radius 3 is 2.16 bits per heavy atom. The van der Waals surface area contributed by atoms with Crippen molar-refractivity contribution in [1.82, 2.24) is 0 Å². The predicted molar refractivity (Wildman–Crippen MR) is 146 cm³/mol. The van der Waals surface area contributed by atoms with E-state index in [0.717, 1.165) is 22.0 Å². The summed E-state index contributed by atoms with van der Waals surface area (Å²) in [4.78, 5) is 14.4. The fourth-order valence-electron chi connectivity index (χ4n) is 4.27. The standard InChI is InChI=1S/C29H30N2O5S/c1-21(19-29(32)36-3)31(20-22-9-5-4-6-10-22)28-18-17-27(25-11-7-8-12-26(25)28)30-37(33,34)24-15-13-23(35-2)14-16-24/h4-18,21,30H,19-20H2,1-3H3/t21-/m0/s1. The molecule has 0 aromatic heterocycles. The minimum absolute atomic E-state index is 0.138. The summed E-state index contributed by atoms with van der Waals surface area (Å²) in [5, 5.41) is 1.62. The highest BCUT2D eigenvalue weighted by molar-refractivity contribution is 7.92. The van der Waals surface area contributed by atoms with E-state index in [0.29, 0.717) is 18.0 Å². The Morgan fingerprint density at radius 1 is 0.865 bits per heavy atom. The van der Waals surface area contributed by atoms with Crippen molar-refractivity contribution in [3.8, 4) is 5.75 Å². The van der Waals surface area contributed by atoms with Crippen LogP contribution in [0.15, 0.2) is 95.9 Å². The van der Waals surface area contributed by atoms with Crippen LogP contribution in [-0.2, 0) is 26.1 Å². The van der Waals surface area contributed by atoms with E-state index in [1.807, 2.05) is 67.6 Å². The molecule has 0 aliphatic rings. The summed E-state index contributed by atoms with van der Waals surface area (Å²) >= 11 is 0. The van der Waals surface area contributed by atoms with Gasteiger partial charge in [-0.3, -0.25) is 9.52 Å². The molecule has 0 unspecified atom stereocenters. The van der Waals surface area contributed by atoms with E-state index in [9.17, 15) is 13.2 Å². The van der Waals surface area contributed by atoms with Crippen LogP contribution in [0.25, 0.3) is 10.8 Å². The molecule has 7 nitrogen and oxygen atoms in total. The van der Waals surface area contributed by atoms with Crippen molar-refractivity contribution in [2.45, 2.75) is 30.8 Å². The fraction of sp³-hybridized carbons (Fsp3) is 0.207. The molecule has 4 rings (SSSR count). The van der Waals surface area contributed by atoms with E-state index >= 15 is 0 Å². The highest BCUT2D eigenvalue weighted by Gasteiger charge is 2.22. The third-order valence-corrected chi connectivity index (χ3v) is 7.62. The minimum Gasteiger partial charge on any atom is -0.497 e. The van der Waals surface area contributed by atoms with Crippen molar-refractivity contribution in [1.29, 1.82) is 0 Å². The van der Waals surface area contributed by atoms with Gasteiger partial charge < -0.3 is 14.4 Å². The van der Waals surface area contributed by atoms with Crippen LogP contribution in [0, 0.1) is 0 Å². The molecule has 4 aromatic carbocycles. The second-order valence-corrected chi connectivity index (χ2v) is 10.4. The first-order chi connectivity index (χ1) is 17.8. The zero-order chi connectivity index (χ0) is 26.4. The van der Waals surface area contributed by atoms with Crippen LogP contribution in [0.5, 0.6) is 5.75 Å². The number of benzene rings is 4. The molecule has 0 bridgehead atoms. The Hall–Kier alpha value is -4.04. The van der Waals surface area contributed by atoms with E-state index in [-0.39, 0.29) is 23.3 Å². The van der Waals surface area contributed by atoms with Gasteiger partial charge >= 0.3 is 5.97 Å². The molecular weight excluding hydrogens is 488 g/mol. The first kappa shape index (κ1) is 26.0. The van der Waals surface area contributed by atoms with Crippen LogP contribution in [0.3, 0.4) is 0 Å². The number of hydrogen-bond donors (Lipinski definition) is 1. The second kappa shape index (κ2) is 11.3. The first-order valence-electron chi connectivity index (χ1n) is 11.9. The number of methoxy groups -OCH3 is 2. The number of esters is 1. The Morgan fingerprint density at radius 2 is 1.51 bits per heavy atom. The zero-order valence-corrected chi connectivity index (χ0v) is 21.9. The van der Waals surface area contributed by atoms with Gasteiger partial charge in [0.25, 0.3) is 10.0 Å². The lowest BCUT2D eigenvalue weighted by atomic mass is 10.0. The monoisotopic (exact) mass is 518 g/mol. The van der Waals surface area contributed by atoms with Gasteiger partial charge in [0.05, 0.1) is 31.2 Å². The number of fused-ring (bicyclic) bond motifs is 1. The number of hydrogen-bond acceptors (Lipinski definition) is 6. The summed E-state index contributed by atoms with van der Waals surface area (Å²) in [7, 11) is -0.912. The van der Waals surface area contributed by atoms with Gasteiger partial charge in [0.2, 0.25) is 0 Å². The molecule has 1 atom stereocenters. The van der Waals surface area contributed by atoms with Crippen molar-refractivity contribution in [2.75, 3.05) is 23.8 Å². The Bertz CT molecular complexity index is 1470. The molecule has 0 aliphatic heterocycles. The van der Waals surface area contributed by atoms with E-state index in [1.165, 1.54) is 26.4 Å². The van der Waals surface area contributed by atoms with E-state index in [4.69, 9.17) is 9.47 Å². The Labute approximate surface area is 217 Å².